The van der Waals surface area contributed by atoms with Crippen LogP contribution in [0.25, 0.3) is 0 Å². The molecule has 0 fully saturated rings. The van der Waals surface area contributed by atoms with Crippen LogP contribution in [0.5, 0.6) is 0 Å². The molecule has 7 nitrogen and oxygen atoms in total. The first kappa shape index (κ1) is 29.6. The average molecular weight is 536 g/mol. The highest BCUT2D eigenvalue weighted by atomic mass is 35.5. The van der Waals surface area contributed by atoms with Crippen molar-refractivity contribution >= 4 is 39.1 Å². The van der Waals surface area contributed by atoms with Gasteiger partial charge in [0.15, 0.2) is 0 Å². The van der Waals surface area contributed by atoms with E-state index in [0.717, 1.165) is 35.8 Å². The number of carbonyl (C=O) groups is 2. The molecule has 2 amide bonds. The van der Waals surface area contributed by atoms with Gasteiger partial charge in [-0.05, 0) is 56.9 Å². The Labute approximate surface area is 220 Å². The summed E-state index contributed by atoms with van der Waals surface area (Å²) < 4.78 is 26.3. The Bertz CT molecular complexity index is 1140. The highest BCUT2D eigenvalue weighted by molar-refractivity contribution is 7.92. The van der Waals surface area contributed by atoms with Crippen LogP contribution in [0.15, 0.2) is 42.5 Å². The van der Waals surface area contributed by atoms with Crippen LogP contribution in [0.2, 0.25) is 5.02 Å². The molecular weight excluding hydrogens is 498 g/mol. The lowest BCUT2D eigenvalue weighted by Crippen LogP contribution is -2.48. The van der Waals surface area contributed by atoms with Gasteiger partial charge in [0.2, 0.25) is 21.8 Å². The minimum Gasteiger partial charge on any atom is -0.354 e. The molecule has 2 aromatic rings. The summed E-state index contributed by atoms with van der Waals surface area (Å²) in [5, 5.41) is 3.35. The summed E-state index contributed by atoms with van der Waals surface area (Å²) in [6.07, 6.45) is 3.37. The number of nitrogens with zero attached hydrogens (tertiary/aromatic N) is 2. The van der Waals surface area contributed by atoms with Gasteiger partial charge in [-0.2, -0.15) is 0 Å². The summed E-state index contributed by atoms with van der Waals surface area (Å²) in [7, 11) is -3.59. The first-order valence-corrected chi connectivity index (χ1v) is 14.5. The first-order valence-electron chi connectivity index (χ1n) is 12.3. The van der Waals surface area contributed by atoms with Gasteiger partial charge in [-0.25, -0.2) is 8.42 Å². The maximum absolute atomic E-state index is 13.3. The number of rotatable bonds is 13. The van der Waals surface area contributed by atoms with E-state index in [1.807, 2.05) is 45.0 Å². The van der Waals surface area contributed by atoms with Crippen molar-refractivity contribution in [1.29, 1.82) is 0 Å². The molecule has 0 spiro atoms. The summed E-state index contributed by atoms with van der Waals surface area (Å²) in [5.41, 5.74) is 3.31. The molecule has 0 saturated carbocycles. The second kappa shape index (κ2) is 13.7. The third kappa shape index (κ3) is 8.82. The SMILES string of the molecule is CCCCNC(=O)[C@H](C)N(Cc1ccc(C)cc1)C(=O)CCCN(c1cc(Cl)ccc1C)S(C)(=O)=O. The number of nitrogens with one attached hydrogen (secondary N) is 1. The smallest absolute Gasteiger partial charge is 0.242 e. The number of halogens is 1. The maximum atomic E-state index is 13.3. The van der Waals surface area contributed by atoms with Crippen molar-refractivity contribution in [2.75, 3.05) is 23.7 Å². The van der Waals surface area contributed by atoms with Crippen LogP contribution in [-0.2, 0) is 26.2 Å². The van der Waals surface area contributed by atoms with Crippen molar-refractivity contribution in [2.24, 2.45) is 0 Å². The van der Waals surface area contributed by atoms with Crippen LogP contribution in [0, 0.1) is 13.8 Å². The zero-order valence-corrected chi connectivity index (χ0v) is 23.5. The van der Waals surface area contributed by atoms with E-state index >= 15 is 0 Å². The summed E-state index contributed by atoms with van der Waals surface area (Å²) >= 11 is 6.11. The second-order valence-electron chi connectivity index (χ2n) is 9.20. The lowest BCUT2D eigenvalue weighted by molar-refractivity contribution is -0.140. The van der Waals surface area contributed by atoms with E-state index in [4.69, 9.17) is 11.6 Å². The number of anilines is 1. The first-order chi connectivity index (χ1) is 16.9. The largest absolute Gasteiger partial charge is 0.354 e. The molecule has 1 N–H and O–H groups in total. The molecule has 9 heteroatoms. The minimum absolute atomic E-state index is 0.101. The van der Waals surface area contributed by atoms with Gasteiger partial charge in [-0.15, -0.1) is 0 Å². The maximum Gasteiger partial charge on any atom is 0.242 e. The number of carbonyl (C=O) groups excluding carboxylic acids is 2. The van der Waals surface area contributed by atoms with Gasteiger partial charge in [-0.1, -0.05) is 60.8 Å². The van der Waals surface area contributed by atoms with E-state index in [2.05, 4.69) is 5.32 Å². The third-order valence-electron chi connectivity index (χ3n) is 6.06. The van der Waals surface area contributed by atoms with Gasteiger partial charge < -0.3 is 10.2 Å². The molecule has 2 rings (SSSR count). The van der Waals surface area contributed by atoms with Crippen molar-refractivity contribution in [1.82, 2.24) is 10.2 Å². The van der Waals surface area contributed by atoms with E-state index in [1.165, 1.54) is 4.31 Å². The lowest BCUT2D eigenvalue weighted by Gasteiger charge is -2.29. The summed E-state index contributed by atoms with van der Waals surface area (Å²) in [6.45, 7) is 8.57. The topological polar surface area (TPSA) is 86.8 Å². The number of sulfonamides is 1. The molecule has 0 bridgehead atoms. The highest BCUT2D eigenvalue weighted by Gasteiger charge is 2.26. The Kier molecular flexibility index (Phi) is 11.2. The fourth-order valence-corrected chi connectivity index (χ4v) is 5.02. The molecule has 0 radical (unpaired) electrons. The molecule has 0 aromatic heterocycles. The zero-order chi connectivity index (χ0) is 26.9. The van der Waals surface area contributed by atoms with Crippen molar-refractivity contribution in [3.63, 3.8) is 0 Å². The van der Waals surface area contributed by atoms with E-state index < -0.39 is 16.1 Å². The quantitative estimate of drug-likeness (QED) is 0.372. The molecule has 0 unspecified atom stereocenters. The Morgan fingerprint density at radius 2 is 1.72 bits per heavy atom. The molecular formula is C27H38ClN3O4S. The predicted octanol–water partition coefficient (Wildman–Crippen LogP) is 4.84. The van der Waals surface area contributed by atoms with E-state index in [-0.39, 0.29) is 24.8 Å². The summed E-state index contributed by atoms with van der Waals surface area (Å²) in [5.74, 6) is -0.402. The van der Waals surface area contributed by atoms with Crippen LogP contribution in [0.3, 0.4) is 0 Å². The summed E-state index contributed by atoms with van der Waals surface area (Å²) in [6, 6.07) is 12.3. The van der Waals surface area contributed by atoms with Gasteiger partial charge in [0.25, 0.3) is 0 Å². The standard InChI is InChI=1S/C27H38ClN3O4S/c1-6-7-16-29-27(33)22(4)30(19-23-13-10-20(2)11-14-23)26(32)9-8-17-31(36(5,34)35)25-18-24(28)15-12-21(25)3/h10-15,18,22H,6-9,16-17,19H2,1-5H3,(H,29,33)/t22-/m0/s1. The number of benzene rings is 2. The highest BCUT2D eigenvalue weighted by Crippen LogP contribution is 2.27. The van der Waals surface area contributed by atoms with Crippen LogP contribution in [-0.4, -0.2) is 50.5 Å². The molecule has 36 heavy (non-hydrogen) atoms. The number of amides is 2. The van der Waals surface area contributed by atoms with E-state index in [9.17, 15) is 18.0 Å². The molecule has 0 saturated heterocycles. The van der Waals surface area contributed by atoms with E-state index in [0.29, 0.717) is 30.2 Å². The summed E-state index contributed by atoms with van der Waals surface area (Å²) in [4.78, 5) is 27.7. The second-order valence-corrected chi connectivity index (χ2v) is 11.5. The molecule has 0 aliphatic heterocycles. The minimum atomic E-state index is -3.59. The van der Waals surface area contributed by atoms with Crippen molar-refractivity contribution in [2.45, 2.75) is 66.0 Å². The number of hydrogen-bond donors (Lipinski definition) is 1. The Balaban J connectivity index is 2.17. The van der Waals surface area contributed by atoms with Gasteiger partial charge in [0.05, 0.1) is 11.9 Å². The molecule has 0 aliphatic rings. The molecule has 2 aromatic carbocycles. The fraction of sp³-hybridized carbons (Fsp3) is 0.481. The normalized spacial score (nSPS) is 12.2. The van der Waals surface area contributed by atoms with E-state index in [1.54, 1.807) is 30.0 Å². The lowest BCUT2D eigenvalue weighted by atomic mass is 10.1. The predicted molar refractivity (Wildman–Crippen MR) is 147 cm³/mol. The Hall–Kier alpha value is -2.58. The Morgan fingerprint density at radius 1 is 1.06 bits per heavy atom. The third-order valence-corrected chi connectivity index (χ3v) is 7.48. The zero-order valence-electron chi connectivity index (χ0n) is 21.9. The Morgan fingerprint density at radius 3 is 2.33 bits per heavy atom. The average Bonchev–Trinajstić information content (AvgIpc) is 2.82. The fourth-order valence-electron chi connectivity index (χ4n) is 3.84. The van der Waals surface area contributed by atoms with Gasteiger partial charge in [0.1, 0.15) is 6.04 Å². The molecule has 0 aliphatic carbocycles. The molecule has 1 atom stereocenters. The van der Waals surface area contributed by atoms with Crippen molar-refractivity contribution < 1.29 is 18.0 Å². The molecule has 0 heterocycles. The van der Waals surface area contributed by atoms with Crippen LogP contribution in [0.1, 0.15) is 56.2 Å². The number of hydrogen-bond acceptors (Lipinski definition) is 4. The van der Waals surface area contributed by atoms with Crippen molar-refractivity contribution in [3.8, 4) is 0 Å². The van der Waals surface area contributed by atoms with Gasteiger partial charge in [0, 0.05) is 31.1 Å². The number of aryl methyl sites for hydroxylation is 2. The monoisotopic (exact) mass is 535 g/mol. The molecule has 198 valence electrons. The van der Waals surface area contributed by atoms with Crippen LogP contribution >= 0.6 is 11.6 Å². The van der Waals surface area contributed by atoms with Gasteiger partial charge in [-0.3, -0.25) is 13.9 Å². The van der Waals surface area contributed by atoms with Crippen LogP contribution < -0.4 is 9.62 Å². The van der Waals surface area contributed by atoms with Crippen LogP contribution in [0.4, 0.5) is 5.69 Å². The van der Waals surface area contributed by atoms with Gasteiger partial charge >= 0.3 is 0 Å². The van der Waals surface area contributed by atoms with Crippen molar-refractivity contribution in [3.05, 3.63) is 64.2 Å². The number of unbranched alkanes of at least 4 members (excludes halogenated alkanes) is 1.